The maximum Gasteiger partial charge on any atom is 0.129 e. The number of hydrogen-bond donors (Lipinski definition) is 1. The Balaban J connectivity index is 1.82. The Morgan fingerprint density at radius 1 is 1.33 bits per heavy atom. The Morgan fingerprint density at radius 2 is 2.28 bits per heavy atom. The number of pyridine rings is 1. The average molecular weight is 280 g/mol. The number of nitrogens with one attached hydrogen (secondary N) is 1. The Labute approximate surface area is 115 Å². The van der Waals surface area contributed by atoms with E-state index < -0.39 is 0 Å². The predicted octanol–water partition coefficient (Wildman–Crippen LogP) is 3.67. The summed E-state index contributed by atoms with van der Waals surface area (Å²) in [5.41, 5.74) is 2.02. The summed E-state index contributed by atoms with van der Waals surface area (Å²) in [4.78, 5) is 8.80. The molecule has 1 saturated heterocycles. The molecule has 3 nitrogen and oxygen atoms in total. The summed E-state index contributed by atoms with van der Waals surface area (Å²) >= 11 is 7.51. The van der Waals surface area contributed by atoms with Gasteiger partial charge in [0.2, 0.25) is 0 Å². The van der Waals surface area contributed by atoms with Crippen molar-refractivity contribution in [3.05, 3.63) is 33.9 Å². The van der Waals surface area contributed by atoms with Gasteiger partial charge in [-0.05, 0) is 31.5 Å². The maximum absolute atomic E-state index is 5.79. The molecule has 0 bridgehead atoms. The van der Waals surface area contributed by atoms with Gasteiger partial charge in [0.1, 0.15) is 10.2 Å². The van der Waals surface area contributed by atoms with Gasteiger partial charge in [-0.3, -0.25) is 0 Å². The summed E-state index contributed by atoms with van der Waals surface area (Å²) in [6.07, 6.45) is 5.52. The van der Waals surface area contributed by atoms with Crippen LogP contribution >= 0.6 is 22.9 Å². The molecule has 1 aliphatic rings. The minimum atomic E-state index is 0.428. The van der Waals surface area contributed by atoms with Crippen LogP contribution < -0.4 is 5.32 Å². The van der Waals surface area contributed by atoms with Gasteiger partial charge in [-0.2, -0.15) is 0 Å². The summed E-state index contributed by atoms with van der Waals surface area (Å²) in [7, 11) is 0. The third-order valence-corrected chi connectivity index (χ3v) is 4.34. The highest BCUT2D eigenvalue weighted by molar-refractivity contribution is 7.10. The van der Waals surface area contributed by atoms with Crippen molar-refractivity contribution in [1.82, 2.24) is 15.3 Å². The second-order valence-electron chi connectivity index (χ2n) is 4.44. The Hall–Kier alpha value is -0.970. The molecule has 0 aliphatic carbocycles. The van der Waals surface area contributed by atoms with Gasteiger partial charge >= 0.3 is 0 Å². The van der Waals surface area contributed by atoms with Crippen molar-refractivity contribution in [2.24, 2.45) is 0 Å². The van der Waals surface area contributed by atoms with E-state index in [-0.39, 0.29) is 0 Å². The van der Waals surface area contributed by atoms with Crippen molar-refractivity contribution in [3.63, 3.8) is 0 Å². The molecular weight excluding hydrogens is 266 g/mol. The Kier molecular flexibility index (Phi) is 3.59. The summed E-state index contributed by atoms with van der Waals surface area (Å²) in [6, 6.07) is 4.19. The SMILES string of the molecule is Clc1ccc(-c2csc([C@H]3CCCCN3)n2)cn1. The van der Waals surface area contributed by atoms with E-state index in [2.05, 4.69) is 15.7 Å². The van der Waals surface area contributed by atoms with Crippen LogP contribution in [0.4, 0.5) is 0 Å². The summed E-state index contributed by atoms with van der Waals surface area (Å²) in [5, 5.41) is 7.31. The summed E-state index contributed by atoms with van der Waals surface area (Å²) in [6.45, 7) is 1.10. The molecule has 94 valence electrons. The second-order valence-corrected chi connectivity index (χ2v) is 5.72. The first-order chi connectivity index (χ1) is 8.83. The van der Waals surface area contributed by atoms with Crippen molar-refractivity contribution in [1.29, 1.82) is 0 Å². The molecule has 0 saturated carbocycles. The molecule has 3 heterocycles. The number of halogens is 1. The fourth-order valence-corrected chi connectivity index (χ4v) is 3.22. The van der Waals surface area contributed by atoms with E-state index in [4.69, 9.17) is 16.6 Å². The molecule has 2 aromatic rings. The monoisotopic (exact) mass is 279 g/mol. The number of hydrogen-bond acceptors (Lipinski definition) is 4. The standard InChI is InChI=1S/C13H14ClN3S/c14-12-5-4-9(7-16-12)11-8-18-13(17-11)10-3-1-2-6-15-10/h4-5,7-8,10,15H,1-3,6H2/t10-/m1/s1. The number of nitrogens with zero attached hydrogens (tertiary/aromatic N) is 2. The fraction of sp³-hybridized carbons (Fsp3) is 0.385. The predicted molar refractivity (Wildman–Crippen MR) is 74.9 cm³/mol. The quantitative estimate of drug-likeness (QED) is 0.853. The zero-order chi connectivity index (χ0) is 12.4. The lowest BCUT2D eigenvalue weighted by atomic mass is 10.1. The van der Waals surface area contributed by atoms with E-state index in [0.717, 1.165) is 17.8 Å². The lowest BCUT2D eigenvalue weighted by Gasteiger charge is -2.21. The smallest absolute Gasteiger partial charge is 0.129 e. The van der Waals surface area contributed by atoms with Crippen molar-refractivity contribution in [2.75, 3.05) is 6.54 Å². The first-order valence-electron chi connectivity index (χ1n) is 6.14. The average Bonchev–Trinajstić information content (AvgIpc) is 2.90. The first kappa shape index (κ1) is 12.1. The van der Waals surface area contributed by atoms with Crippen LogP contribution in [0.5, 0.6) is 0 Å². The van der Waals surface area contributed by atoms with E-state index in [0.29, 0.717) is 11.2 Å². The lowest BCUT2D eigenvalue weighted by Crippen LogP contribution is -2.26. The van der Waals surface area contributed by atoms with Crippen LogP contribution in [0.25, 0.3) is 11.3 Å². The van der Waals surface area contributed by atoms with Gasteiger partial charge in [0.25, 0.3) is 0 Å². The molecule has 0 aromatic carbocycles. The normalized spacial score (nSPS) is 19.9. The maximum atomic E-state index is 5.79. The van der Waals surface area contributed by atoms with Crippen molar-refractivity contribution >= 4 is 22.9 Å². The molecule has 0 unspecified atom stereocenters. The topological polar surface area (TPSA) is 37.8 Å². The molecule has 0 amide bonds. The third-order valence-electron chi connectivity index (χ3n) is 3.15. The first-order valence-corrected chi connectivity index (χ1v) is 7.39. The highest BCUT2D eigenvalue weighted by Gasteiger charge is 2.18. The van der Waals surface area contributed by atoms with Gasteiger partial charge in [0.15, 0.2) is 0 Å². The van der Waals surface area contributed by atoms with Crippen LogP contribution in [0.3, 0.4) is 0 Å². The zero-order valence-corrected chi connectivity index (χ0v) is 11.5. The minimum Gasteiger partial charge on any atom is -0.308 e. The zero-order valence-electron chi connectivity index (χ0n) is 9.90. The second kappa shape index (κ2) is 5.34. The molecule has 2 aromatic heterocycles. The van der Waals surface area contributed by atoms with Crippen LogP contribution in [0.1, 0.15) is 30.3 Å². The highest BCUT2D eigenvalue weighted by atomic mass is 35.5. The number of aromatic nitrogens is 2. The highest BCUT2D eigenvalue weighted by Crippen LogP contribution is 2.29. The molecule has 1 N–H and O–H groups in total. The van der Waals surface area contributed by atoms with Gasteiger partial charge in [-0.25, -0.2) is 9.97 Å². The van der Waals surface area contributed by atoms with E-state index in [9.17, 15) is 0 Å². The summed E-state index contributed by atoms with van der Waals surface area (Å²) in [5.74, 6) is 0. The third kappa shape index (κ3) is 2.55. The van der Waals surface area contributed by atoms with Gasteiger partial charge < -0.3 is 5.32 Å². The van der Waals surface area contributed by atoms with E-state index in [1.165, 1.54) is 24.3 Å². The van der Waals surface area contributed by atoms with Crippen molar-refractivity contribution in [3.8, 4) is 11.3 Å². The molecule has 1 aliphatic heterocycles. The van der Waals surface area contributed by atoms with E-state index in [1.54, 1.807) is 23.6 Å². The van der Waals surface area contributed by atoms with Gasteiger partial charge in [0.05, 0.1) is 11.7 Å². The molecule has 0 radical (unpaired) electrons. The number of piperidine rings is 1. The Bertz CT molecular complexity index is 517. The van der Waals surface area contributed by atoms with E-state index in [1.807, 2.05) is 6.07 Å². The number of thiazole rings is 1. The molecule has 5 heteroatoms. The molecule has 0 spiro atoms. The van der Waals surface area contributed by atoms with Crippen LogP contribution in [0.2, 0.25) is 5.15 Å². The molecule has 3 rings (SSSR count). The fourth-order valence-electron chi connectivity index (χ4n) is 2.17. The Morgan fingerprint density at radius 3 is 3.00 bits per heavy atom. The number of rotatable bonds is 2. The largest absolute Gasteiger partial charge is 0.308 e. The summed E-state index contributed by atoms with van der Waals surface area (Å²) < 4.78 is 0. The van der Waals surface area contributed by atoms with Crippen molar-refractivity contribution < 1.29 is 0 Å². The van der Waals surface area contributed by atoms with Gasteiger partial charge in [-0.1, -0.05) is 18.0 Å². The van der Waals surface area contributed by atoms with Crippen molar-refractivity contribution in [2.45, 2.75) is 25.3 Å². The van der Waals surface area contributed by atoms with E-state index >= 15 is 0 Å². The van der Waals surface area contributed by atoms with Crippen LogP contribution in [-0.4, -0.2) is 16.5 Å². The van der Waals surface area contributed by atoms with Crippen LogP contribution in [0.15, 0.2) is 23.7 Å². The van der Waals surface area contributed by atoms with Gasteiger partial charge in [-0.15, -0.1) is 11.3 Å². The molecular formula is C13H14ClN3S. The molecule has 1 atom stereocenters. The van der Waals surface area contributed by atoms with Crippen LogP contribution in [-0.2, 0) is 0 Å². The molecule has 18 heavy (non-hydrogen) atoms. The lowest BCUT2D eigenvalue weighted by molar-refractivity contribution is 0.411. The van der Waals surface area contributed by atoms with Gasteiger partial charge in [0, 0.05) is 17.1 Å². The van der Waals surface area contributed by atoms with Crippen LogP contribution in [0, 0.1) is 0 Å². The molecule has 1 fully saturated rings. The minimum absolute atomic E-state index is 0.428.